The Morgan fingerprint density at radius 2 is 1.87 bits per heavy atom. The number of hydrogen-bond donors (Lipinski definition) is 2. The summed E-state index contributed by atoms with van der Waals surface area (Å²) in [4.78, 5) is 36.5. The van der Waals surface area contributed by atoms with Crippen LogP contribution in [-0.4, -0.2) is 67.6 Å². The minimum Gasteiger partial charge on any atom is -0.492 e. The highest BCUT2D eigenvalue weighted by molar-refractivity contribution is 6.13. The Hall–Kier alpha value is -4.11. The van der Waals surface area contributed by atoms with Crippen LogP contribution in [0.5, 0.6) is 5.75 Å². The van der Waals surface area contributed by atoms with Crippen LogP contribution in [0.4, 0.5) is 28.6 Å². The number of amides is 2. The van der Waals surface area contributed by atoms with Crippen LogP contribution in [0.1, 0.15) is 47.9 Å². The Balaban J connectivity index is 1.40. The first-order valence-electron chi connectivity index (χ1n) is 13.5. The highest BCUT2D eigenvalue weighted by Gasteiger charge is 2.29. The molecule has 0 radical (unpaired) electrons. The topological polar surface area (TPSA) is 90.0 Å². The van der Waals surface area contributed by atoms with Crippen LogP contribution in [0.3, 0.4) is 0 Å². The third-order valence-electron chi connectivity index (χ3n) is 7.22. The number of nitrogens with one attached hydrogen (secondary N) is 2. The van der Waals surface area contributed by atoms with Gasteiger partial charge in [0.15, 0.2) is 0 Å². The number of benzene rings is 2. The average molecular weight is 529 g/mol. The Morgan fingerprint density at radius 3 is 2.64 bits per heavy atom. The lowest BCUT2D eigenvalue weighted by Gasteiger charge is -2.23. The molecule has 2 aliphatic rings. The number of pyridine rings is 1. The summed E-state index contributed by atoms with van der Waals surface area (Å²) in [7, 11) is 3.70. The number of carbonyl (C=O) groups excluding carboxylic acids is 2. The molecule has 0 saturated carbocycles. The standard InChI is InChI=1S/C30H36N6O3/c1-6-39-27-15-20(29(37)36-14-13-21(18-36)32-19(2)3)11-12-23(27)33-28-16-25-26(17-31-28)35(5)30(38)22-9-7-8-10-24(22)34(25)4/h7-12,15-17,19,21,32H,6,13-14,18H2,1-5H3,(H,31,33). The van der Waals surface area contributed by atoms with E-state index < -0.39 is 0 Å². The van der Waals surface area contributed by atoms with Gasteiger partial charge in [0.05, 0.1) is 41.1 Å². The number of likely N-dealkylation sites (tertiary alicyclic amines) is 1. The zero-order valence-electron chi connectivity index (χ0n) is 23.2. The number of hydrogen-bond acceptors (Lipinski definition) is 7. The molecule has 2 aromatic carbocycles. The van der Waals surface area contributed by atoms with E-state index in [4.69, 9.17) is 4.74 Å². The van der Waals surface area contributed by atoms with E-state index in [1.807, 2.05) is 66.2 Å². The van der Waals surface area contributed by atoms with Crippen molar-refractivity contribution in [1.29, 1.82) is 0 Å². The molecular formula is C30H36N6O3. The van der Waals surface area contributed by atoms with Crippen LogP contribution in [0, 0.1) is 0 Å². The molecule has 9 nitrogen and oxygen atoms in total. The number of rotatable bonds is 7. The lowest BCUT2D eigenvalue weighted by Crippen LogP contribution is -2.38. The molecule has 1 unspecified atom stereocenters. The number of anilines is 5. The van der Waals surface area contributed by atoms with Gasteiger partial charge in [0.2, 0.25) is 0 Å². The normalized spacial score (nSPS) is 16.7. The van der Waals surface area contributed by atoms with E-state index in [-0.39, 0.29) is 11.8 Å². The molecule has 2 amide bonds. The van der Waals surface area contributed by atoms with Gasteiger partial charge in [-0.25, -0.2) is 4.98 Å². The average Bonchev–Trinajstić information content (AvgIpc) is 3.37. The van der Waals surface area contributed by atoms with Crippen LogP contribution >= 0.6 is 0 Å². The Morgan fingerprint density at radius 1 is 1.08 bits per heavy atom. The summed E-state index contributed by atoms with van der Waals surface area (Å²) in [6.07, 6.45) is 2.65. The first-order valence-corrected chi connectivity index (χ1v) is 13.5. The minimum absolute atomic E-state index is 0.00621. The maximum atomic E-state index is 13.3. The molecule has 5 rings (SSSR count). The highest BCUT2D eigenvalue weighted by atomic mass is 16.5. The van der Waals surface area contributed by atoms with Gasteiger partial charge in [0, 0.05) is 50.9 Å². The van der Waals surface area contributed by atoms with Crippen molar-refractivity contribution in [3.63, 3.8) is 0 Å². The zero-order chi connectivity index (χ0) is 27.7. The Labute approximate surface area is 229 Å². The monoisotopic (exact) mass is 528 g/mol. The van der Waals surface area contributed by atoms with Gasteiger partial charge >= 0.3 is 0 Å². The third-order valence-corrected chi connectivity index (χ3v) is 7.22. The van der Waals surface area contributed by atoms with Gasteiger partial charge in [0.1, 0.15) is 11.6 Å². The number of para-hydroxylation sites is 1. The molecule has 0 bridgehead atoms. The maximum absolute atomic E-state index is 13.3. The fourth-order valence-corrected chi connectivity index (χ4v) is 5.31. The van der Waals surface area contributed by atoms with Crippen molar-refractivity contribution >= 4 is 40.4 Å². The molecule has 3 aromatic rings. The van der Waals surface area contributed by atoms with E-state index in [1.54, 1.807) is 24.2 Å². The summed E-state index contributed by atoms with van der Waals surface area (Å²) in [5, 5.41) is 6.89. The molecule has 1 aromatic heterocycles. The molecular weight excluding hydrogens is 492 g/mol. The summed E-state index contributed by atoms with van der Waals surface area (Å²) in [5.41, 5.74) is 4.33. The van der Waals surface area contributed by atoms with E-state index >= 15 is 0 Å². The van der Waals surface area contributed by atoms with Crippen LogP contribution in [0.25, 0.3) is 0 Å². The Kier molecular flexibility index (Phi) is 7.43. The second-order valence-corrected chi connectivity index (χ2v) is 10.3. The number of aromatic nitrogens is 1. The van der Waals surface area contributed by atoms with Gasteiger partial charge in [-0.3, -0.25) is 9.59 Å². The molecule has 39 heavy (non-hydrogen) atoms. The molecule has 204 valence electrons. The van der Waals surface area contributed by atoms with E-state index in [1.165, 1.54) is 0 Å². The van der Waals surface area contributed by atoms with Crippen molar-refractivity contribution in [2.24, 2.45) is 0 Å². The fourth-order valence-electron chi connectivity index (χ4n) is 5.31. The second-order valence-electron chi connectivity index (χ2n) is 10.3. The van der Waals surface area contributed by atoms with Gasteiger partial charge in [-0.05, 0) is 43.7 Å². The number of nitrogens with zero attached hydrogens (tertiary/aromatic N) is 4. The number of fused-ring (bicyclic) bond motifs is 2. The maximum Gasteiger partial charge on any atom is 0.260 e. The van der Waals surface area contributed by atoms with Crippen LogP contribution < -0.4 is 25.2 Å². The van der Waals surface area contributed by atoms with Crippen LogP contribution in [-0.2, 0) is 0 Å². The molecule has 2 aliphatic heterocycles. The van der Waals surface area contributed by atoms with Crippen molar-refractivity contribution in [2.45, 2.75) is 39.3 Å². The van der Waals surface area contributed by atoms with Crippen molar-refractivity contribution < 1.29 is 14.3 Å². The Bertz CT molecular complexity index is 1390. The van der Waals surface area contributed by atoms with Gasteiger partial charge in [-0.1, -0.05) is 26.0 Å². The molecule has 1 saturated heterocycles. The predicted octanol–water partition coefficient (Wildman–Crippen LogP) is 4.79. The molecule has 9 heteroatoms. The van der Waals surface area contributed by atoms with Crippen molar-refractivity contribution in [3.8, 4) is 5.75 Å². The van der Waals surface area contributed by atoms with E-state index in [0.29, 0.717) is 59.3 Å². The van der Waals surface area contributed by atoms with Gasteiger partial charge < -0.3 is 30.1 Å². The molecule has 1 fully saturated rings. The predicted molar refractivity (Wildman–Crippen MR) is 155 cm³/mol. The summed E-state index contributed by atoms with van der Waals surface area (Å²) in [6.45, 7) is 8.06. The molecule has 0 spiro atoms. The van der Waals surface area contributed by atoms with Gasteiger partial charge in [-0.2, -0.15) is 0 Å². The lowest BCUT2D eigenvalue weighted by atomic mass is 10.1. The van der Waals surface area contributed by atoms with E-state index in [0.717, 1.165) is 24.3 Å². The molecule has 2 N–H and O–H groups in total. The molecule has 3 heterocycles. The minimum atomic E-state index is -0.0816. The fraction of sp³-hybridized carbons (Fsp3) is 0.367. The van der Waals surface area contributed by atoms with Gasteiger partial charge in [0.25, 0.3) is 11.8 Å². The van der Waals surface area contributed by atoms with Gasteiger partial charge in [-0.15, -0.1) is 0 Å². The van der Waals surface area contributed by atoms with Crippen LogP contribution in [0.15, 0.2) is 54.7 Å². The summed E-state index contributed by atoms with van der Waals surface area (Å²) >= 11 is 0. The van der Waals surface area contributed by atoms with E-state index in [9.17, 15) is 9.59 Å². The smallest absolute Gasteiger partial charge is 0.260 e. The number of carbonyl (C=O) groups is 2. The summed E-state index contributed by atoms with van der Waals surface area (Å²) < 4.78 is 5.93. The van der Waals surface area contributed by atoms with Crippen molar-refractivity contribution in [2.75, 3.05) is 48.9 Å². The molecule has 1 atom stereocenters. The summed E-state index contributed by atoms with van der Waals surface area (Å²) in [6, 6.07) is 15.7. The summed E-state index contributed by atoms with van der Waals surface area (Å²) in [5.74, 6) is 1.11. The largest absolute Gasteiger partial charge is 0.492 e. The van der Waals surface area contributed by atoms with E-state index in [2.05, 4.69) is 29.5 Å². The first-order chi connectivity index (χ1) is 18.8. The second kappa shape index (κ2) is 10.9. The van der Waals surface area contributed by atoms with Crippen molar-refractivity contribution in [1.82, 2.24) is 15.2 Å². The SMILES string of the molecule is CCOc1cc(C(=O)N2CCC(NC(C)C)C2)ccc1Nc1cc2c(cn1)N(C)C(=O)c1ccccc1N2C. The zero-order valence-corrected chi connectivity index (χ0v) is 23.2. The third kappa shape index (κ3) is 5.27. The van der Waals surface area contributed by atoms with Crippen LogP contribution in [0.2, 0.25) is 0 Å². The highest BCUT2D eigenvalue weighted by Crippen LogP contribution is 2.40. The lowest BCUT2D eigenvalue weighted by molar-refractivity contribution is 0.0788. The first kappa shape index (κ1) is 26.5. The quantitative estimate of drug-likeness (QED) is 0.456. The molecule has 0 aliphatic carbocycles. The van der Waals surface area contributed by atoms with Crippen molar-refractivity contribution in [3.05, 3.63) is 65.9 Å². The number of ether oxygens (including phenoxy) is 1.